The van der Waals surface area contributed by atoms with Crippen LogP contribution in [-0.2, 0) is 23.9 Å². The van der Waals surface area contributed by atoms with Crippen molar-refractivity contribution < 1.29 is 23.9 Å². The Morgan fingerprint density at radius 1 is 0.435 bits per heavy atom. The predicted octanol–water partition coefficient (Wildman–Crippen LogP) is 16.1. The van der Waals surface area contributed by atoms with Crippen LogP contribution in [0.25, 0.3) is 0 Å². The normalized spacial score (nSPS) is 11.8. The molecule has 0 aliphatic heterocycles. The first-order valence-corrected chi connectivity index (χ1v) is 27.3. The van der Waals surface area contributed by atoms with Gasteiger partial charge in [-0.1, -0.05) is 195 Å². The van der Waals surface area contributed by atoms with Gasteiger partial charge in [0.05, 0.1) is 6.61 Å². The Morgan fingerprint density at radius 3 is 1.29 bits per heavy atom. The molecule has 0 fully saturated rings. The summed E-state index contributed by atoms with van der Waals surface area (Å²) in [5, 5.41) is 0. The van der Waals surface area contributed by atoms with Crippen LogP contribution < -0.4 is 0 Å². The van der Waals surface area contributed by atoms with E-state index in [1.807, 2.05) is 0 Å². The van der Waals surface area contributed by atoms with Gasteiger partial charge in [0, 0.05) is 32.4 Å². The maximum Gasteiger partial charge on any atom is 0.306 e. The van der Waals surface area contributed by atoms with Gasteiger partial charge in [-0.25, -0.2) is 0 Å². The molecule has 0 rings (SSSR count). The van der Waals surface area contributed by atoms with Crippen LogP contribution in [0.15, 0.2) is 0 Å². The molecule has 0 heterocycles. The van der Waals surface area contributed by atoms with E-state index in [-0.39, 0.29) is 23.5 Å². The number of esters is 2. The summed E-state index contributed by atoms with van der Waals surface area (Å²) in [7, 11) is 4.22. The summed E-state index contributed by atoms with van der Waals surface area (Å²) >= 11 is 0. The number of hydrogen-bond donors (Lipinski definition) is 0. The zero-order valence-electron chi connectivity index (χ0n) is 42.9. The van der Waals surface area contributed by atoms with Gasteiger partial charge < -0.3 is 19.3 Å². The van der Waals surface area contributed by atoms with Crippen molar-refractivity contribution in [2.24, 2.45) is 5.41 Å². The lowest BCUT2D eigenvalue weighted by molar-refractivity contribution is -0.150. The van der Waals surface area contributed by atoms with E-state index < -0.39 is 0 Å². The molecule has 0 spiro atoms. The molecule has 7 nitrogen and oxygen atoms in total. The Kier molecular flexibility index (Phi) is 43.4. The molecule has 62 heavy (non-hydrogen) atoms. The lowest BCUT2D eigenvalue weighted by Gasteiger charge is -2.25. The Balaban J connectivity index is 4.62. The van der Waals surface area contributed by atoms with Crippen LogP contribution in [0.1, 0.15) is 285 Å². The highest BCUT2D eigenvalue weighted by Crippen LogP contribution is 2.25. The van der Waals surface area contributed by atoms with E-state index in [0.29, 0.717) is 31.8 Å². The first-order chi connectivity index (χ1) is 30.0. The van der Waals surface area contributed by atoms with Crippen LogP contribution in [0, 0.1) is 5.41 Å². The third kappa shape index (κ3) is 42.3. The molecule has 0 saturated carbocycles. The summed E-state index contributed by atoms with van der Waals surface area (Å²) in [4.78, 5) is 43.1. The number of carbonyl (C=O) groups is 3. The van der Waals surface area contributed by atoms with Crippen molar-refractivity contribution >= 4 is 17.8 Å². The summed E-state index contributed by atoms with van der Waals surface area (Å²) in [5.74, 6) is 0.264. The molecule has 0 aromatic heterocycles. The number of nitrogens with zero attached hydrogens (tertiary/aromatic N) is 2. The second kappa shape index (κ2) is 44.6. The summed E-state index contributed by atoms with van der Waals surface area (Å²) in [6.07, 6.45) is 44.3. The van der Waals surface area contributed by atoms with Gasteiger partial charge in [0.1, 0.15) is 6.10 Å². The van der Waals surface area contributed by atoms with Gasteiger partial charge in [0.25, 0.3) is 0 Å². The SMILES string of the molecule is CCCCCCCCCCC(=O)OCC(C)(C)CCCCCN(CCCCCCCC(=O)OC(CCCCCCCCC)CCCCCCCCC)C(=O)CCCCCN(C)C. The molecule has 1 amide bonds. The van der Waals surface area contributed by atoms with Gasteiger partial charge in [0.2, 0.25) is 5.91 Å². The molecule has 0 aromatic rings. The summed E-state index contributed by atoms with van der Waals surface area (Å²) < 4.78 is 11.8. The molecule has 0 aliphatic carbocycles. The van der Waals surface area contributed by atoms with E-state index >= 15 is 0 Å². The fourth-order valence-corrected chi connectivity index (χ4v) is 8.57. The van der Waals surface area contributed by atoms with Gasteiger partial charge in [-0.3, -0.25) is 14.4 Å². The van der Waals surface area contributed by atoms with Crippen molar-refractivity contribution in [3.8, 4) is 0 Å². The molecule has 0 atom stereocenters. The van der Waals surface area contributed by atoms with Crippen LogP contribution in [0.4, 0.5) is 0 Å². The topological polar surface area (TPSA) is 76.1 Å². The predicted molar refractivity (Wildman–Crippen MR) is 267 cm³/mol. The average Bonchev–Trinajstić information content (AvgIpc) is 3.24. The van der Waals surface area contributed by atoms with Crippen molar-refractivity contribution in [1.82, 2.24) is 9.80 Å². The van der Waals surface area contributed by atoms with Crippen LogP contribution in [0.3, 0.4) is 0 Å². The fraction of sp³-hybridized carbons (Fsp3) is 0.945. The minimum Gasteiger partial charge on any atom is -0.465 e. The Morgan fingerprint density at radius 2 is 0.806 bits per heavy atom. The van der Waals surface area contributed by atoms with Crippen LogP contribution in [-0.4, -0.2) is 74.1 Å². The second-order valence-corrected chi connectivity index (χ2v) is 20.3. The minimum atomic E-state index is -0.0470. The summed E-state index contributed by atoms with van der Waals surface area (Å²) in [5.41, 5.74) is -0.0318. The molecule has 0 saturated heterocycles. The molecule has 0 bridgehead atoms. The largest absolute Gasteiger partial charge is 0.465 e. The number of ether oxygens (including phenoxy) is 2. The Bertz CT molecular complexity index is 982. The standard InChI is InChI=1S/C55H108N2O5/c1-8-11-14-17-20-23-27-35-44-53(59)61-50-55(4,5)46-37-31-40-49-57(52(58)43-34-30-38-47-56(6)7)48-39-29-24-28-36-45-54(60)62-51(41-32-25-21-18-15-12-9-2)42-33-26-22-19-16-13-10-3/h51H,8-50H2,1-7H3. The van der Waals surface area contributed by atoms with Crippen molar-refractivity contribution in [3.05, 3.63) is 0 Å². The highest BCUT2D eigenvalue weighted by Gasteiger charge is 2.21. The number of carbonyl (C=O) groups excluding carboxylic acids is 3. The molecule has 0 N–H and O–H groups in total. The van der Waals surface area contributed by atoms with Gasteiger partial charge >= 0.3 is 11.9 Å². The highest BCUT2D eigenvalue weighted by atomic mass is 16.5. The quantitative estimate of drug-likeness (QED) is 0.0448. The smallest absolute Gasteiger partial charge is 0.306 e. The van der Waals surface area contributed by atoms with Crippen LogP contribution >= 0.6 is 0 Å². The first-order valence-electron chi connectivity index (χ1n) is 27.3. The second-order valence-electron chi connectivity index (χ2n) is 20.3. The van der Waals surface area contributed by atoms with E-state index in [9.17, 15) is 14.4 Å². The zero-order valence-corrected chi connectivity index (χ0v) is 42.9. The van der Waals surface area contributed by atoms with Crippen LogP contribution in [0.5, 0.6) is 0 Å². The zero-order chi connectivity index (χ0) is 45.8. The first kappa shape index (κ1) is 60.4. The molecule has 368 valence electrons. The molecule has 0 aliphatic rings. The van der Waals surface area contributed by atoms with Crippen molar-refractivity contribution in [3.63, 3.8) is 0 Å². The third-order valence-corrected chi connectivity index (χ3v) is 12.9. The molecular formula is C55H108N2O5. The maximum atomic E-state index is 13.4. The van der Waals surface area contributed by atoms with Gasteiger partial charge in [0.15, 0.2) is 0 Å². The fourth-order valence-electron chi connectivity index (χ4n) is 8.57. The number of hydrogen-bond acceptors (Lipinski definition) is 6. The monoisotopic (exact) mass is 877 g/mol. The van der Waals surface area contributed by atoms with Crippen molar-refractivity contribution in [2.75, 3.05) is 40.3 Å². The maximum absolute atomic E-state index is 13.4. The lowest BCUT2D eigenvalue weighted by atomic mass is 9.88. The van der Waals surface area contributed by atoms with Gasteiger partial charge in [-0.05, 0) is 96.7 Å². The van der Waals surface area contributed by atoms with E-state index in [2.05, 4.69) is 58.5 Å². The minimum absolute atomic E-state index is 0.00160. The van der Waals surface area contributed by atoms with E-state index in [4.69, 9.17) is 9.47 Å². The third-order valence-electron chi connectivity index (χ3n) is 12.9. The molecule has 0 aromatic carbocycles. The van der Waals surface area contributed by atoms with Crippen LogP contribution in [0.2, 0.25) is 0 Å². The number of unbranched alkanes of at least 4 members (excludes halogenated alkanes) is 27. The van der Waals surface area contributed by atoms with E-state index in [0.717, 1.165) is 122 Å². The molecule has 7 heteroatoms. The van der Waals surface area contributed by atoms with Crippen molar-refractivity contribution in [1.29, 1.82) is 0 Å². The Hall–Kier alpha value is -1.63. The van der Waals surface area contributed by atoms with Gasteiger partial charge in [-0.15, -0.1) is 0 Å². The van der Waals surface area contributed by atoms with Gasteiger partial charge in [-0.2, -0.15) is 0 Å². The van der Waals surface area contributed by atoms with E-state index in [1.54, 1.807) is 0 Å². The highest BCUT2D eigenvalue weighted by molar-refractivity contribution is 5.76. The average molecular weight is 877 g/mol. The summed E-state index contributed by atoms with van der Waals surface area (Å²) in [6, 6.07) is 0. The lowest BCUT2D eigenvalue weighted by Crippen LogP contribution is -2.33. The Labute approximate surface area is 387 Å². The molecular weight excluding hydrogens is 769 g/mol. The summed E-state index contributed by atoms with van der Waals surface area (Å²) in [6.45, 7) is 14.4. The number of amides is 1. The number of rotatable bonds is 48. The molecule has 0 radical (unpaired) electrons. The molecule has 0 unspecified atom stereocenters. The van der Waals surface area contributed by atoms with E-state index in [1.165, 1.54) is 128 Å². The van der Waals surface area contributed by atoms with Crippen molar-refractivity contribution in [2.45, 2.75) is 291 Å².